The predicted molar refractivity (Wildman–Crippen MR) is 269 cm³/mol. The molecule has 0 N–H and O–H groups in total. The summed E-state index contributed by atoms with van der Waals surface area (Å²) >= 11 is 0. The second-order valence-corrected chi connectivity index (χ2v) is 17.2. The lowest BCUT2D eigenvalue weighted by molar-refractivity contribution is -0.399. The second kappa shape index (κ2) is 17.2. The van der Waals surface area contributed by atoms with E-state index in [1.54, 1.807) is 7.11 Å². The summed E-state index contributed by atoms with van der Waals surface area (Å²) in [5.41, 5.74) is 16.3. The standard InChI is InChI=1S/C55H61N7O/c1-10-60(40-22-18-38(19-23-40)54-46-16-12-14-44-48(56(3)4)30-32-50(52(44)46)58(54)7)34-36-62(42-26-28-43(63-9)29-27-42)37-35-61(11-2)41-24-20-39(21-25-41)55-47-17-13-15-45-49(57(5)6)31-33-51(53(45)47)59(55)8/h12-33H,10-11,34-37H2,1-9H3/q+2. The Balaban J connectivity index is 0.916. The van der Waals surface area contributed by atoms with Crippen LogP contribution in [0.5, 0.6) is 5.75 Å². The molecule has 2 aliphatic heterocycles. The molecule has 0 fully saturated rings. The van der Waals surface area contributed by atoms with Crippen molar-refractivity contribution in [1.82, 2.24) is 0 Å². The van der Waals surface area contributed by atoms with Gasteiger partial charge in [0, 0.05) is 130 Å². The molecule has 7 aromatic rings. The highest BCUT2D eigenvalue weighted by molar-refractivity contribution is 6.24. The number of ether oxygens (including phenoxy) is 1. The topological polar surface area (TPSA) is 31.5 Å². The normalized spacial score (nSPS) is 12.8. The van der Waals surface area contributed by atoms with E-state index in [1.807, 2.05) is 0 Å². The van der Waals surface area contributed by atoms with Crippen LogP contribution in [0, 0.1) is 0 Å². The second-order valence-electron chi connectivity index (χ2n) is 17.2. The molecule has 0 aromatic heterocycles. The van der Waals surface area contributed by atoms with Crippen LogP contribution in [0.3, 0.4) is 0 Å². The van der Waals surface area contributed by atoms with Crippen LogP contribution in [0.15, 0.2) is 133 Å². The van der Waals surface area contributed by atoms with Crippen molar-refractivity contribution in [2.24, 2.45) is 0 Å². The molecular weight excluding hydrogens is 775 g/mol. The van der Waals surface area contributed by atoms with Crippen LogP contribution in [0.25, 0.3) is 21.5 Å². The van der Waals surface area contributed by atoms with Gasteiger partial charge in [-0.3, -0.25) is 0 Å². The number of methoxy groups -OCH3 is 1. The van der Waals surface area contributed by atoms with Crippen LogP contribution < -0.4 is 29.2 Å². The van der Waals surface area contributed by atoms with Crippen molar-refractivity contribution >= 4 is 72.8 Å². The summed E-state index contributed by atoms with van der Waals surface area (Å²) in [6.07, 6.45) is 0. The van der Waals surface area contributed by atoms with E-state index in [1.165, 1.54) is 95.0 Å². The SMILES string of the molecule is CCN(CCN(CCN(CC)c1ccc(C2=[N+](C)c3ccc(N(C)C)c4cccc2c34)cc1)c1ccc(OC)cc1)c1ccc(C2=[N+](C)c3ccc(N(C)C)c4cccc2c34)cc1. The molecule has 320 valence electrons. The molecule has 0 bridgehead atoms. The van der Waals surface area contributed by atoms with Crippen LogP contribution >= 0.6 is 0 Å². The van der Waals surface area contributed by atoms with Gasteiger partial charge in [-0.25, -0.2) is 0 Å². The maximum absolute atomic E-state index is 5.55. The fourth-order valence-corrected chi connectivity index (χ4v) is 10.0. The average Bonchev–Trinajstić information content (AvgIpc) is 3.77. The van der Waals surface area contributed by atoms with Gasteiger partial charge in [0.25, 0.3) is 0 Å². The minimum Gasteiger partial charge on any atom is -0.497 e. The van der Waals surface area contributed by atoms with Crippen molar-refractivity contribution in [1.29, 1.82) is 0 Å². The summed E-state index contributed by atoms with van der Waals surface area (Å²) < 4.78 is 10.3. The van der Waals surface area contributed by atoms with Gasteiger partial charge in [-0.2, -0.15) is 9.15 Å². The Hall–Kier alpha value is -6.80. The van der Waals surface area contributed by atoms with E-state index in [0.717, 1.165) is 45.0 Å². The first-order valence-electron chi connectivity index (χ1n) is 22.4. The molecule has 0 saturated heterocycles. The first-order chi connectivity index (χ1) is 30.6. The molecular formula is C55H61N7O+2. The van der Waals surface area contributed by atoms with E-state index < -0.39 is 0 Å². The molecule has 9 rings (SSSR count). The third kappa shape index (κ3) is 7.41. The molecule has 7 aromatic carbocycles. The van der Waals surface area contributed by atoms with Crippen molar-refractivity contribution in [3.8, 4) is 5.75 Å². The Morgan fingerprint density at radius 3 is 1.21 bits per heavy atom. The minimum atomic E-state index is 0.871. The lowest BCUT2D eigenvalue weighted by Crippen LogP contribution is -2.40. The fraction of sp³-hybridized carbons (Fsp3) is 0.273. The van der Waals surface area contributed by atoms with Crippen molar-refractivity contribution in [3.63, 3.8) is 0 Å². The van der Waals surface area contributed by atoms with Crippen LogP contribution in [0.4, 0.5) is 39.8 Å². The van der Waals surface area contributed by atoms with Gasteiger partial charge in [0.2, 0.25) is 22.8 Å². The summed E-state index contributed by atoms with van der Waals surface area (Å²) in [6, 6.07) is 49.4. The molecule has 0 unspecified atom stereocenters. The number of nitrogens with zero attached hydrogens (tertiary/aromatic N) is 7. The molecule has 0 atom stereocenters. The summed E-state index contributed by atoms with van der Waals surface area (Å²) in [5.74, 6) is 0.871. The number of hydrogen-bond acceptors (Lipinski definition) is 6. The van der Waals surface area contributed by atoms with Crippen LogP contribution in [-0.2, 0) is 0 Å². The molecule has 63 heavy (non-hydrogen) atoms. The van der Waals surface area contributed by atoms with Crippen LogP contribution in [0.2, 0.25) is 0 Å². The van der Waals surface area contributed by atoms with E-state index in [-0.39, 0.29) is 0 Å². The van der Waals surface area contributed by atoms with Gasteiger partial charge in [-0.05, 0) is 111 Å². The van der Waals surface area contributed by atoms with E-state index in [4.69, 9.17) is 4.74 Å². The van der Waals surface area contributed by atoms with Gasteiger partial charge < -0.3 is 29.2 Å². The van der Waals surface area contributed by atoms with Gasteiger partial charge in [-0.1, -0.05) is 24.3 Å². The predicted octanol–water partition coefficient (Wildman–Crippen LogP) is 10.2. The highest BCUT2D eigenvalue weighted by atomic mass is 16.5. The van der Waals surface area contributed by atoms with Gasteiger partial charge in [0.05, 0.1) is 29.0 Å². The monoisotopic (exact) mass is 835 g/mol. The number of hydrogen-bond donors (Lipinski definition) is 0. The number of anilines is 5. The van der Waals surface area contributed by atoms with Crippen molar-refractivity contribution in [2.45, 2.75) is 13.8 Å². The zero-order valence-electron chi connectivity index (χ0n) is 38.5. The molecule has 0 amide bonds. The van der Waals surface area contributed by atoms with Crippen molar-refractivity contribution in [3.05, 3.63) is 156 Å². The van der Waals surface area contributed by atoms with Gasteiger partial charge >= 0.3 is 0 Å². The maximum Gasteiger partial charge on any atom is 0.220 e. The molecule has 8 heteroatoms. The van der Waals surface area contributed by atoms with Crippen molar-refractivity contribution in [2.75, 3.05) is 113 Å². The smallest absolute Gasteiger partial charge is 0.220 e. The van der Waals surface area contributed by atoms with E-state index >= 15 is 0 Å². The minimum absolute atomic E-state index is 0.871. The molecule has 8 nitrogen and oxygen atoms in total. The Morgan fingerprint density at radius 2 is 0.825 bits per heavy atom. The average molecular weight is 836 g/mol. The maximum atomic E-state index is 5.55. The first kappa shape index (κ1) is 41.5. The van der Waals surface area contributed by atoms with Crippen LogP contribution in [0.1, 0.15) is 36.1 Å². The highest BCUT2D eigenvalue weighted by Crippen LogP contribution is 2.42. The number of likely N-dealkylation sites (N-methyl/N-ethyl adjacent to an activating group) is 2. The van der Waals surface area contributed by atoms with E-state index in [2.05, 4.69) is 223 Å². The molecule has 0 saturated carbocycles. The van der Waals surface area contributed by atoms with E-state index in [9.17, 15) is 0 Å². The molecule has 0 radical (unpaired) electrons. The largest absolute Gasteiger partial charge is 0.497 e. The third-order valence-electron chi connectivity index (χ3n) is 13.4. The first-order valence-corrected chi connectivity index (χ1v) is 22.4. The number of rotatable bonds is 16. The highest BCUT2D eigenvalue weighted by Gasteiger charge is 2.33. The quantitative estimate of drug-likeness (QED) is 0.0902. The summed E-state index contributed by atoms with van der Waals surface area (Å²) in [7, 11) is 14.6. The molecule has 0 aliphatic carbocycles. The lowest BCUT2D eigenvalue weighted by atomic mass is 9.97. The Morgan fingerprint density at radius 1 is 0.444 bits per heavy atom. The number of benzene rings is 7. The Bertz CT molecular complexity index is 2700. The zero-order valence-corrected chi connectivity index (χ0v) is 38.5. The summed E-state index contributed by atoms with van der Waals surface area (Å²) in [5, 5.41) is 5.25. The Kier molecular flexibility index (Phi) is 11.3. The van der Waals surface area contributed by atoms with Crippen molar-refractivity contribution < 1.29 is 13.9 Å². The Labute approximate surface area is 373 Å². The molecule has 0 spiro atoms. The summed E-state index contributed by atoms with van der Waals surface area (Å²) in [6.45, 7) is 9.92. The van der Waals surface area contributed by atoms with E-state index in [0.29, 0.717) is 0 Å². The van der Waals surface area contributed by atoms with Gasteiger partial charge in [0.1, 0.15) is 19.8 Å². The van der Waals surface area contributed by atoms with Crippen LogP contribution in [-0.4, -0.2) is 109 Å². The third-order valence-corrected chi connectivity index (χ3v) is 13.4. The lowest BCUT2D eigenvalue weighted by Gasteiger charge is -2.32. The zero-order chi connectivity index (χ0) is 43.9. The molecule has 2 aliphatic rings. The summed E-state index contributed by atoms with van der Waals surface area (Å²) in [4.78, 5) is 11.9. The van der Waals surface area contributed by atoms with Gasteiger partial charge in [0.15, 0.2) is 0 Å². The molecule has 2 heterocycles. The van der Waals surface area contributed by atoms with Gasteiger partial charge in [-0.15, -0.1) is 0 Å². The fourth-order valence-electron chi connectivity index (χ4n) is 10.0.